The molecule has 0 saturated carbocycles. The number of tetrazole rings is 1. The zero-order chi connectivity index (χ0) is 21.0. The van der Waals surface area contributed by atoms with Crippen molar-refractivity contribution in [2.45, 2.75) is 11.9 Å². The van der Waals surface area contributed by atoms with Gasteiger partial charge in [0.25, 0.3) is 0 Å². The fraction of sp³-hybridized carbons (Fsp3) is 0.133. The van der Waals surface area contributed by atoms with Crippen molar-refractivity contribution in [2.75, 3.05) is 0 Å². The Bertz CT molecular complexity index is 1050. The Hall–Kier alpha value is -3.77. The second-order valence-electron chi connectivity index (χ2n) is 5.69. The normalized spacial score (nSPS) is 10.6. The zero-order valence-electron chi connectivity index (χ0n) is 14.4. The number of benzene rings is 2. The number of hydrogen-bond acceptors (Lipinski definition) is 9. The van der Waals surface area contributed by atoms with Gasteiger partial charge >= 0.3 is 168 Å². The number of aromatic nitrogens is 4. The Kier molecular flexibility index (Phi) is 5.85. The summed E-state index contributed by atoms with van der Waals surface area (Å²) in [5, 5.41) is 44.9. The van der Waals surface area contributed by atoms with Crippen LogP contribution >= 0.6 is 0 Å². The Morgan fingerprint density at radius 2 is 1.41 bits per heavy atom. The minimum absolute atomic E-state index is 0.0182. The predicted octanol–water partition coefficient (Wildman–Crippen LogP) is 0.976. The molecular formula is C15H11N7O6Se. The van der Waals surface area contributed by atoms with Crippen LogP contribution in [0.4, 0.5) is 17.1 Å². The van der Waals surface area contributed by atoms with E-state index in [-0.39, 0.29) is 38.6 Å². The first kappa shape index (κ1) is 20.0. The van der Waals surface area contributed by atoms with Crippen molar-refractivity contribution in [1.82, 2.24) is 20.2 Å². The van der Waals surface area contributed by atoms with Crippen LogP contribution in [0.3, 0.4) is 0 Å². The molecule has 29 heavy (non-hydrogen) atoms. The summed E-state index contributed by atoms with van der Waals surface area (Å²) in [7, 11) is 0. The van der Waals surface area contributed by atoms with Gasteiger partial charge < -0.3 is 0 Å². The zero-order valence-corrected chi connectivity index (χ0v) is 16.2. The second-order valence-corrected chi connectivity index (χ2v) is 7.66. The Balaban J connectivity index is 1.67. The Morgan fingerprint density at radius 3 is 1.97 bits per heavy atom. The van der Waals surface area contributed by atoms with E-state index in [0.717, 1.165) is 11.6 Å². The van der Waals surface area contributed by atoms with Crippen molar-refractivity contribution in [3.63, 3.8) is 0 Å². The van der Waals surface area contributed by atoms with Gasteiger partial charge in [-0.05, 0) is 0 Å². The average molecular weight is 464 g/mol. The summed E-state index contributed by atoms with van der Waals surface area (Å²) in [6.07, 6.45) is 0. The molecule has 0 saturated heterocycles. The van der Waals surface area contributed by atoms with Crippen molar-refractivity contribution in [3.8, 4) is 0 Å². The Labute approximate surface area is 167 Å². The minimum atomic E-state index is -0.678. The maximum atomic E-state index is 11.0. The molecule has 3 aromatic rings. The van der Waals surface area contributed by atoms with Gasteiger partial charge in [0, 0.05) is 0 Å². The quantitative estimate of drug-likeness (QED) is 0.267. The molecule has 0 radical (unpaired) electrons. The molecule has 13 nitrogen and oxygen atoms in total. The molecule has 1 aromatic heterocycles. The summed E-state index contributed by atoms with van der Waals surface area (Å²) in [5.74, 6) is 0. The van der Waals surface area contributed by atoms with Crippen LogP contribution in [0.25, 0.3) is 0 Å². The van der Waals surface area contributed by atoms with Crippen LogP contribution in [0.1, 0.15) is 11.1 Å². The molecule has 0 unspecified atom stereocenters. The van der Waals surface area contributed by atoms with Crippen molar-refractivity contribution >= 4 is 36.7 Å². The second kappa shape index (κ2) is 8.50. The predicted molar refractivity (Wildman–Crippen MR) is 98.9 cm³/mol. The van der Waals surface area contributed by atoms with Gasteiger partial charge in [0.1, 0.15) is 0 Å². The number of rotatable bonds is 8. The third kappa shape index (κ3) is 5.15. The molecule has 0 amide bonds. The molecule has 2 aromatic carbocycles. The number of hydrogen-bond donors (Lipinski definition) is 0. The molecule has 0 aliphatic heterocycles. The van der Waals surface area contributed by atoms with E-state index < -0.39 is 14.8 Å². The summed E-state index contributed by atoms with van der Waals surface area (Å²) < 4.78 is 0.425. The fourth-order valence-electron chi connectivity index (χ4n) is 2.34. The molecule has 14 heteroatoms. The Morgan fingerprint density at radius 1 is 0.828 bits per heavy atom. The van der Waals surface area contributed by atoms with Crippen LogP contribution in [-0.4, -0.2) is 49.9 Å². The SMILES string of the molecule is O=[N+]([O-])c1ccc(Cn2nnc([Se]Cc3cc([N+](=O)[O-])cc([N+](=O)[O-])c3)n2)cc1. The molecule has 0 aliphatic carbocycles. The van der Waals surface area contributed by atoms with Crippen LogP contribution in [0.5, 0.6) is 0 Å². The fourth-order valence-corrected chi connectivity index (χ4v) is 3.83. The van der Waals surface area contributed by atoms with Gasteiger partial charge in [-0.3, -0.25) is 0 Å². The molecule has 3 rings (SSSR count). The van der Waals surface area contributed by atoms with E-state index in [4.69, 9.17) is 0 Å². The van der Waals surface area contributed by atoms with E-state index in [1.807, 2.05) is 0 Å². The van der Waals surface area contributed by atoms with Gasteiger partial charge in [-0.15, -0.1) is 0 Å². The van der Waals surface area contributed by atoms with E-state index in [0.29, 0.717) is 15.6 Å². The van der Waals surface area contributed by atoms with Gasteiger partial charge in [-0.25, -0.2) is 0 Å². The number of nitro groups is 3. The molecule has 0 aliphatic rings. The van der Waals surface area contributed by atoms with Gasteiger partial charge in [0.15, 0.2) is 0 Å². The van der Waals surface area contributed by atoms with E-state index in [2.05, 4.69) is 15.4 Å². The van der Waals surface area contributed by atoms with Crippen LogP contribution < -0.4 is 4.72 Å². The topological polar surface area (TPSA) is 173 Å². The summed E-state index contributed by atoms with van der Waals surface area (Å²) in [6.45, 7) is 0.267. The third-order valence-corrected chi connectivity index (χ3v) is 5.54. The van der Waals surface area contributed by atoms with Crippen LogP contribution in [0.2, 0.25) is 0 Å². The van der Waals surface area contributed by atoms with Gasteiger partial charge in [0.2, 0.25) is 0 Å². The summed E-state index contributed by atoms with van der Waals surface area (Å²) >= 11 is -0.350. The molecule has 0 atom stereocenters. The number of nitro benzene ring substituents is 3. The van der Waals surface area contributed by atoms with Crippen molar-refractivity contribution in [3.05, 3.63) is 83.9 Å². The first-order chi connectivity index (χ1) is 13.8. The van der Waals surface area contributed by atoms with E-state index in [9.17, 15) is 30.3 Å². The monoisotopic (exact) mass is 465 g/mol. The van der Waals surface area contributed by atoms with Gasteiger partial charge in [0.05, 0.1) is 0 Å². The van der Waals surface area contributed by atoms with Crippen molar-refractivity contribution in [1.29, 1.82) is 0 Å². The summed E-state index contributed by atoms with van der Waals surface area (Å²) in [6, 6.07) is 9.43. The van der Waals surface area contributed by atoms with E-state index in [1.165, 1.54) is 29.1 Å². The number of non-ortho nitro benzene ring substituents is 3. The van der Waals surface area contributed by atoms with E-state index in [1.54, 1.807) is 12.1 Å². The first-order valence-electron chi connectivity index (χ1n) is 7.88. The summed E-state index contributed by atoms with van der Waals surface area (Å²) in [5.41, 5.74) is 0.480. The van der Waals surface area contributed by atoms with Crippen LogP contribution in [-0.2, 0) is 11.9 Å². The molecular weight excluding hydrogens is 453 g/mol. The average Bonchev–Trinajstić information content (AvgIpc) is 3.13. The molecule has 148 valence electrons. The molecule has 0 N–H and O–H groups in total. The van der Waals surface area contributed by atoms with Crippen LogP contribution in [0.15, 0.2) is 42.5 Å². The summed E-state index contributed by atoms with van der Waals surface area (Å²) in [4.78, 5) is 32.1. The third-order valence-electron chi connectivity index (χ3n) is 3.66. The van der Waals surface area contributed by atoms with Crippen LogP contribution in [0, 0.1) is 30.3 Å². The van der Waals surface area contributed by atoms with Crippen molar-refractivity contribution in [2.24, 2.45) is 0 Å². The molecule has 0 spiro atoms. The number of nitrogens with zero attached hydrogens (tertiary/aromatic N) is 7. The standard InChI is InChI=1S/C15H11N7O6Se/c23-20(24)12-3-1-10(2-4-12)8-19-17-15(16-18-19)29-9-11-5-13(21(25)26)7-14(6-11)22(27)28/h1-7H,8-9H2. The van der Waals surface area contributed by atoms with E-state index >= 15 is 0 Å². The van der Waals surface area contributed by atoms with Gasteiger partial charge in [-0.1, -0.05) is 0 Å². The molecule has 0 bridgehead atoms. The maximum absolute atomic E-state index is 11.0. The first-order valence-corrected chi connectivity index (χ1v) is 9.95. The van der Waals surface area contributed by atoms with Crippen molar-refractivity contribution < 1.29 is 14.8 Å². The molecule has 0 fully saturated rings. The van der Waals surface area contributed by atoms with Gasteiger partial charge in [-0.2, -0.15) is 0 Å². The molecule has 1 heterocycles.